The average molecular weight is 353 g/mol. The van der Waals surface area contributed by atoms with E-state index in [1.165, 1.54) is 11.3 Å². The van der Waals surface area contributed by atoms with Gasteiger partial charge < -0.3 is 9.47 Å². The summed E-state index contributed by atoms with van der Waals surface area (Å²) in [5.74, 6) is 0.875. The zero-order chi connectivity index (χ0) is 18.0. The van der Waals surface area contributed by atoms with Crippen LogP contribution < -0.4 is 4.74 Å². The smallest absolute Gasteiger partial charge is 0.348 e. The lowest BCUT2D eigenvalue weighted by molar-refractivity contribution is 0.0531. The first-order valence-corrected chi connectivity index (χ1v) is 8.48. The number of rotatable bonds is 4. The van der Waals surface area contributed by atoms with Crippen LogP contribution in [0.2, 0.25) is 0 Å². The molecule has 0 spiro atoms. The van der Waals surface area contributed by atoms with Gasteiger partial charge in [-0.25, -0.2) is 9.78 Å². The summed E-state index contributed by atoms with van der Waals surface area (Å²) < 4.78 is 11.0. The van der Waals surface area contributed by atoms with Crippen LogP contribution in [-0.4, -0.2) is 22.5 Å². The molecule has 0 aliphatic carbocycles. The molecule has 0 unspecified atom stereocenters. The minimum absolute atomic E-state index is 0.302. The molecular weight excluding hydrogens is 338 g/mol. The molecule has 6 nitrogen and oxygen atoms in total. The monoisotopic (exact) mass is 353 g/mol. The highest BCUT2D eigenvalue weighted by molar-refractivity contribution is 7.20. The van der Waals surface area contributed by atoms with E-state index in [4.69, 9.17) is 9.47 Å². The van der Waals surface area contributed by atoms with Crippen molar-refractivity contribution in [1.82, 2.24) is 9.97 Å². The molecule has 0 amide bonds. The van der Waals surface area contributed by atoms with Gasteiger partial charge in [-0.1, -0.05) is 12.1 Å². The fourth-order valence-corrected chi connectivity index (χ4v) is 3.53. The molecule has 2 heterocycles. The van der Waals surface area contributed by atoms with E-state index >= 15 is 0 Å². The Bertz CT molecular complexity index is 1000. The first kappa shape index (κ1) is 16.9. The molecule has 0 fully saturated rings. The molecule has 0 saturated heterocycles. The molecule has 3 aromatic rings. The topological polar surface area (TPSA) is 85.1 Å². The maximum absolute atomic E-state index is 12.1. The van der Waals surface area contributed by atoms with Gasteiger partial charge >= 0.3 is 5.97 Å². The van der Waals surface area contributed by atoms with Gasteiger partial charge in [0.25, 0.3) is 0 Å². The molecule has 0 N–H and O–H groups in total. The highest BCUT2D eigenvalue weighted by atomic mass is 32.1. The number of benzene rings is 1. The number of fused-ring (bicyclic) bond motifs is 1. The van der Waals surface area contributed by atoms with Crippen molar-refractivity contribution >= 4 is 27.5 Å². The molecule has 0 atom stereocenters. The zero-order valence-corrected chi connectivity index (χ0v) is 14.8. The molecule has 3 rings (SSSR count). The van der Waals surface area contributed by atoms with E-state index in [9.17, 15) is 10.1 Å². The van der Waals surface area contributed by atoms with Gasteiger partial charge in [0, 0.05) is 0 Å². The largest absolute Gasteiger partial charge is 0.462 e. The summed E-state index contributed by atoms with van der Waals surface area (Å²) >= 11 is 1.25. The number of thiophene rings is 1. The Morgan fingerprint density at radius 2 is 2.04 bits per heavy atom. The average Bonchev–Trinajstić information content (AvgIpc) is 2.92. The maximum atomic E-state index is 12.1. The number of carbonyl (C=O) groups excluding carboxylic acids is 1. The highest BCUT2D eigenvalue weighted by Crippen LogP contribution is 2.37. The number of carbonyl (C=O) groups is 1. The number of nitrogens with zero attached hydrogens (tertiary/aromatic N) is 3. The van der Waals surface area contributed by atoms with Crippen LogP contribution in [0.4, 0.5) is 0 Å². The van der Waals surface area contributed by atoms with Gasteiger partial charge in [-0.15, -0.1) is 11.3 Å². The number of nitriles is 1. The van der Waals surface area contributed by atoms with Crippen molar-refractivity contribution in [3.05, 3.63) is 46.1 Å². The van der Waals surface area contributed by atoms with Crippen molar-refractivity contribution in [3.63, 3.8) is 0 Å². The quantitative estimate of drug-likeness (QED) is 0.655. The minimum Gasteiger partial charge on any atom is -0.462 e. The molecule has 7 heteroatoms. The normalized spacial score (nSPS) is 10.5. The van der Waals surface area contributed by atoms with Crippen molar-refractivity contribution < 1.29 is 14.3 Å². The third-order valence-electron chi connectivity index (χ3n) is 3.54. The van der Waals surface area contributed by atoms with Crippen molar-refractivity contribution in [3.8, 4) is 17.7 Å². The molecule has 2 aromatic heterocycles. The van der Waals surface area contributed by atoms with E-state index in [1.54, 1.807) is 38.1 Å². The predicted octanol–water partition coefficient (Wildman–Crippen LogP) is 4.15. The number of aromatic nitrogens is 2. The first-order valence-electron chi connectivity index (χ1n) is 7.67. The summed E-state index contributed by atoms with van der Waals surface area (Å²) in [6.07, 6.45) is 0. The molecule has 0 aliphatic heterocycles. The van der Waals surface area contributed by atoms with Crippen molar-refractivity contribution in [2.45, 2.75) is 20.8 Å². The first-order chi connectivity index (χ1) is 12.0. The second kappa shape index (κ2) is 6.87. The number of aryl methyl sites for hydroxylation is 2. The van der Waals surface area contributed by atoms with E-state index in [2.05, 4.69) is 16.0 Å². The third kappa shape index (κ3) is 3.16. The lowest BCUT2D eigenvalue weighted by Gasteiger charge is -2.08. The van der Waals surface area contributed by atoms with Crippen molar-refractivity contribution in [2.75, 3.05) is 6.61 Å². The van der Waals surface area contributed by atoms with E-state index in [-0.39, 0.29) is 5.97 Å². The number of hydrogen-bond donors (Lipinski definition) is 0. The molecule has 126 valence electrons. The standard InChI is InChI=1S/C18H15N3O3S/c1-4-23-18(22)15-10(2)14-16(20-11(3)21-17(14)25-15)24-13-8-6-5-7-12(13)9-19/h5-8H,4H2,1-3H3. The van der Waals surface area contributed by atoms with Crippen LogP contribution in [0.25, 0.3) is 10.2 Å². The molecule has 1 aromatic carbocycles. The van der Waals surface area contributed by atoms with Crippen LogP contribution in [0.3, 0.4) is 0 Å². The Hall–Kier alpha value is -2.98. The summed E-state index contributed by atoms with van der Waals surface area (Å²) in [6, 6.07) is 9.02. The van der Waals surface area contributed by atoms with E-state index < -0.39 is 0 Å². The van der Waals surface area contributed by atoms with Crippen LogP contribution in [0.1, 0.15) is 33.5 Å². The number of para-hydroxylation sites is 1. The summed E-state index contributed by atoms with van der Waals surface area (Å²) in [4.78, 5) is 22.0. The second-order valence-corrected chi connectivity index (χ2v) is 6.24. The third-order valence-corrected chi connectivity index (χ3v) is 4.71. The summed E-state index contributed by atoms with van der Waals surface area (Å²) in [6.45, 7) is 5.63. The fraction of sp³-hybridized carbons (Fsp3) is 0.222. The Morgan fingerprint density at radius 3 is 2.76 bits per heavy atom. The lowest BCUT2D eigenvalue weighted by atomic mass is 10.2. The van der Waals surface area contributed by atoms with Gasteiger partial charge in [-0.2, -0.15) is 10.2 Å². The molecular formula is C18H15N3O3S. The Morgan fingerprint density at radius 1 is 1.28 bits per heavy atom. The van der Waals surface area contributed by atoms with Crippen molar-refractivity contribution in [1.29, 1.82) is 5.26 Å². The summed E-state index contributed by atoms with van der Waals surface area (Å²) in [7, 11) is 0. The van der Waals surface area contributed by atoms with Crippen molar-refractivity contribution in [2.24, 2.45) is 0 Å². The predicted molar refractivity (Wildman–Crippen MR) is 94.1 cm³/mol. The maximum Gasteiger partial charge on any atom is 0.348 e. The number of ether oxygens (including phenoxy) is 2. The minimum atomic E-state index is -0.385. The fourth-order valence-electron chi connectivity index (χ4n) is 2.42. The molecule has 0 aliphatic rings. The van der Waals surface area contributed by atoms with Crippen LogP contribution in [0.5, 0.6) is 11.6 Å². The SMILES string of the molecule is CCOC(=O)c1sc2nc(C)nc(Oc3ccccc3C#N)c2c1C. The Kier molecular flexibility index (Phi) is 4.63. The number of hydrogen-bond acceptors (Lipinski definition) is 7. The van der Waals surface area contributed by atoms with Crippen LogP contribution in [0.15, 0.2) is 24.3 Å². The molecule has 0 saturated carbocycles. The lowest BCUT2D eigenvalue weighted by Crippen LogP contribution is -2.03. The Balaban J connectivity index is 2.15. The molecule has 0 radical (unpaired) electrons. The molecule has 0 bridgehead atoms. The molecule has 25 heavy (non-hydrogen) atoms. The van der Waals surface area contributed by atoms with Crippen LogP contribution in [-0.2, 0) is 4.74 Å². The van der Waals surface area contributed by atoms with Gasteiger partial charge in [0.1, 0.15) is 27.4 Å². The van der Waals surface area contributed by atoms with E-state index in [0.717, 1.165) is 0 Å². The van der Waals surface area contributed by atoms with Crippen LogP contribution >= 0.6 is 11.3 Å². The van der Waals surface area contributed by atoms with Gasteiger partial charge in [0.05, 0.1) is 17.6 Å². The van der Waals surface area contributed by atoms with E-state index in [0.29, 0.717) is 50.3 Å². The number of esters is 1. The summed E-state index contributed by atoms with van der Waals surface area (Å²) in [5, 5.41) is 9.89. The van der Waals surface area contributed by atoms with Gasteiger partial charge in [-0.05, 0) is 38.5 Å². The van der Waals surface area contributed by atoms with Gasteiger partial charge in [-0.3, -0.25) is 0 Å². The van der Waals surface area contributed by atoms with Gasteiger partial charge in [0.15, 0.2) is 0 Å². The second-order valence-electron chi connectivity index (χ2n) is 5.24. The van der Waals surface area contributed by atoms with Crippen LogP contribution in [0, 0.1) is 25.2 Å². The Labute approximate surface area is 148 Å². The summed E-state index contributed by atoms with van der Waals surface area (Å²) in [5.41, 5.74) is 1.12. The highest BCUT2D eigenvalue weighted by Gasteiger charge is 2.22. The van der Waals surface area contributed by atoms with Gasteiger partial charge in [0.2, 0.25) is 5.88 Å². The van der Waals surface area contributed by atoms with E-state index in [1.807, 2.05) is 6.92 Å². The zero-order valence-electron chi connectivity index (χ0n) is 14.0.